The Bertz CT molecular complexity index is 738. The van der Waals surface area contributed by atoms with Crippen LogP contribution < -0.4 is 11.0 Å². The first kappa shape index (κ1) is 13.9. The topological polar surface area (TPSA) is 65.3 Å². The third kappa shape index (κ3) is 2.47. The zero-order valence-corrected chi connectivity index (χ0v) is 12.3. The molecule has 1 saturated heterocycles. The lowest BCUT2D eigenvalue weighted by molar-refractivity contribution is -0.130. The van der Waals surface area contributed by atoms with Crippen LogP contribution in [0.1, 0.15) is 18.4 Å². The van der Waals surface area contributed by atoms with Crippen molar-refractivity contribution in [2.45, 2.75) is 25.5 Å². The van der Waals surface area contributed by atoms with Crippen LogP contribution in [-0.4, -0.2) is 27.8 Å². The van der Waals surface area contributed by atoms with E-state index in [-0.39, 0.29) is 17.7 Å². The lowest BCUT2D eigenvalue weighted by Crippen LogP contribution is -2.33. The highest BCUT2D eigenvalue weighted by Crippen LogP contribution is 2.15. The molecule has 112 valence electrons. The van der Waals surface area contributed by atoms with E-state index in [1.165, 1.54) is 0 Å². The van der Waals surface area contributed by atoms with E-state index >= 15 is 0 Å². The van der Waals surface area contributed by atoms with Crippen molar-refractivity contribution < 1.29 is 9.53 Å². The molecule has 0 bridgehead atoms. The fourth-order valence-electron chi connectivity index (χ4n) is 2.75. The highest BCUT2D eigenvalue weighted by molar-refractivity contribution is 5.81. The molecule has 0 saturated carbocycles. The summed E-state index contributed by atoms with van der Waals surface area (Å²) in [4.78, 5) is 23.8. The molecular weight excluding hydrogens is 270 g/mol. The first-order valence-corrected chi connectivity index (χ1v) is 7.11. The molecule has 1 atom stereocenters. The average molecular weight is 289 g/mol. The van der Waals surface area contributed by atoms with Crippen molar-refractivity contribution in [3.63, 3.8) is 0 Å². The number of hydrogen-bond acceptors (Lipinski definition) is 3. The molecule has 6 nitrogen and oxygen atoms in total. The minimum atomic E-state index is -0.310. The van der Waals surface area contributed by atoms with Gasteiger partial charge in [-0.3, -0.25) is 13.9 Å². The number of carbonyl (C=O) groups is 1. The van der Waals surface area contributed by atoms with Crippen molar-refractivity contribution in [1.29, 1.82) is 0 Å². The lowest BCUT2D eigenvalue weighted by atomic mass is 10.2. The minimum absolute atomic E-state index is 0.0504. The molecule has 2 aromatic rings. The van der Waals surface area contributed by atoms with Gasteiger partial charge in [0.25, 0.3) is 0 Å². The van der Waals surface area contributed by atoms with Crippen LogP contribution >= 0.6 is 0 Å². The molecule has 1 fully saturated rings. The van der Waals surface area contributed by atoms with Gasteiger partial charge < -0.3 is 10.1 Å². The zero-order valence-electron chi connectivity index (χ0n) is 12.3. The molecule has 1 unspecified atom stereocenters. The summed E-state index contributed by atoms with van der Waals surface area (Å²) in [7, 11) is 3.50. The number of nitrogens with zero attached hydrogens (tertiary/aromatic N) is 2. The average Bonchev–Trinajstić information content (AvgIpc) is 3.10. The second kappa shape index (κ2) is 5.37. The van der Waals surface area contributed by atoms with Gasteiger partial charge in [0.1, 0.15) is 6.10 Å². The maximum absolute atomic E-state index is 11.9. The molecule has 1 aliphatic rings. The first-order valence-electron chi connectivity index (χ1n) is 7.11. The van der Waals surface area contributed by atoms with Crippen LogP contribution in [0.15, 0.2) is 23.0 Å². The van der Waals surface area contributed by atoms with Crippen LogP contribution in [0.3, 0.4) is 0 Å². The van der Waals surface area contributed by atoms with E-state index in [2.05, 4.69) is 5.32 Å². The molecule has 1 aromatic heterocycles. The van der Waals surface area contributed by atoms with Gasteiger partial charge in [-0.05, 0) is 30.5 Å². The maximum atomic E-state index is 11.9. The molecule has 0 radical (unpaired) electrons. The van der Waals surface area contributed by atoms with Gasteiger partial charge in [0.15, 0.2) is 0 Å². The highest BCUT2D eigenvalue weighted by Gasteiger charge is 2.23. The third-order valence-electron chi connectivity index (χ3n) is 4.03. The number of rotatable bonds is 3. The Hall–Kier alpha value is -2.08. The molecule has 1 aliphatic heterocycles. The van der Waals surface area contributed by atoms with Gasteiger partial charge in [-0.15, -0.1) is 0 Å². The third-order valence-corrected chi connectivity index (χ3v) is 4.03. The number of amides is 1. The predicted molar refractivity (Wildman–Crippen MR) is 79.0 cm³/mol. The number of benzene rings is 1. The van der Waals surface area contributed by atoms with E-state index in [1.807, 2.05) is 18.2 Å². The smallest absolute Gasteiger partial charge is 0.328 e. The molecule has 3 rings (SSSR count). The number of ether oxygens (including phenoxy) is 1. The summed E-state index contributed by atoms with van der Waals surface area (Å²) in [6.07, 6.45) is 1.42. The Labute approximate surface area is 122 Å². The van der Waals surface area contributed by atoms with E-state index in [1.54, 1.807) is 23.2 Å². The second-order valence-electron chi connectivity index (χ2n) is 5.44. The summed E-state index contributed by atoms with van der Waals surface area (Å²) in [6.45, 7) is 1.11. The molecule has 1 N–H and O–H groups in total. The highest BCUT2D eigenvalue weighted by atomic mass is 16.5. The largest absolute Gasteiger partial charge is 0.368 e. The van der Waals surface area contributed by atoms with Crippen molar-refractivity contribution in [1.82, 2.24) is 14.5 Å². The standard InChI is InChI=1S/C15H19N3O3/c1-17-11-6-5-10(8-12(11)18(2)15(17)20)9-16-14(19)13-4-3-7-21-13/h5-6,8,13H,3-4,7,9H2,1-2H3,(H,16,19). The van der Waals surface area contributed by atoms with Crippen molar-refractivity contribution >= 4 is 16.9 Å². The van der Waals surface area contributed by atoms with Gasteiger partial charge in [0.2, 0.25) is 5.91 Å². The van der Waals surface area contributed by atoms with E-state index in [9.17, 15) is 9.59 Å². The number of carbonyl (C=O) groups excluding carboxylic acids is 1. The van der Waals surface area contributed by atoms with E-state index < -0.39 is 0 Å². The Kier molecular flexibility index (Phi) is 3.55. The maximum Gasteiger partial charge on any atom is 0.328 e. The molecular formula is C15H19N3O3. The van der Waals surface area contributed by atoms with E-state index in [0.29, 0.717) is 13.2 Å². The molecule has 2 heterocycles. The number of nitrogens with one attached hydrogen (secondary N) is 1. The molecule has 1 aromatic carbocycles. The van der Waals surface area contributed by atoms with Gasteiger partial charge in [0, 0.05) is 27.2 Å². The van der Waals surface area contributed by atoms with Gasteiger partial charge >= 0.3 is 5.69 Å². The Morgan fingerprint density at radius 1 is 1.33 bits per heavy atom. The van der Waals surface area contributed by atoms with Crippen LogP contribution in [-0.2, 0) is 30.2 Å². The lowest BCUT2D eigenvalue weighted by Gasteiger charge is -2.10. The summed E-state index contributed by atoms with van der Waals surface area (Å²) in [6, 6.07) is 5.77. The van der Waals surface area contributed by atoms with Crippen LogP contribution in [0, 0.1) is 0 Å². The molecule has 0 aliphatic carbocycles. The van der Waals surface area contributed by atoms with Crippen molar-refractivity contribution in [2.75, 3.05) is 6.61 Å². The SMILES string of the molecule is Cn1c(=O)n(C)c2cc(CNC(=O)C3CCCO3)ccc21. The second-order valence-corrected chi connectivity index (χ2v) is 5.44. The predicted octanol–water partition coefficient (Wildman–Crippen LogP) is 0.672. The van der Waals surface area contributed by atoms with E-state index in [0.717, 1.165) is 29.4 Å². The quantitative estimate of drug-likeness (QED) is 0.903. The number of aryl methyl sites for hydroxylation is 2. The Balaban J connectivity index is 1.77. The van der Waals surface area contributed by atoms with Crippen molar-refractivity contribution in [2.24, 2.45) is 14.1 Å². The number of fused-ring (bicyclic) bond motifs is 1. The Morgan fingerprint density at radius 3 is 2.81 bits per heavy atom. The molecule has 6 heteroatoms. The fourth-order valence-corrected chi connectivity index (χ4v) is 2.75. The number of aromatic nitrogens is 2. The zero-order chi connectivity index (χ0) is 15.0. The van der Waals surface area contributed by atoms with Gasteiger partial charge in [-0.1, -0.05) is 6.07 Å². The monoisotopic (exact) mass is 289 g/mol. The fraction of sp³-hybridized carbons (Fsp3) is 0.467. The number of hydrogen-bond donors (Lipinski definition) is 1. The van der Waals surface area contributed by atoms with Crippen molar-refractivity contribution in [3.05, 3.63) is 34.2 Å². The summed E-state index contributed by atoms with van der Waals surface area (Å²) in [5.41, 5.74) is 2.67. The van der Waals surface area contributed by atoms with Crippen LogP contribution in [0.5, 0.6) is 0 Å². The minimum Gasteiger partial charge on any atom is -0.368 e. The molecule has 21 heavy (non-hydrogen) atoms. The van der Waals surface area contributed by atoms with Crippen LogP contribution in [0.2, 0.25) is 0 Å². The first-order chi connectivity index (χ1) is 10.1. The van der Waals surface area contributed by atoms with Gasteiger partial charge in [0.05, 0.1) is 11.0 Å². The summed E-state index contributed by atoms with van der Waals surface area (Å²) < 4.78 is 8.58. The summed E-state index contributed by atoms with van der Waals surface area (Å²) in [5, 5.41) is 2.89. The summed E-state index contributed by atoms with van der Waals surface area (Å²) >= 11 is 0. The van der Waals surface area contributed by atoms with Gasteiger partial charge in [-0.25, -0.2) is 4.79 Å². The van der Waals surface area contributed by atoms with Crippen LogP contribution in [0.25, 0.3) is 11.0 Å². The van der Waals surface area contributed by atoms with Crippen molar-refractivity contribution in [3.8, 4) is 0 Å². The molecule has 1 amide bonds. The molecule has 0 spiro atoms. The normalized spacial score (nSPS) is 18.3. The number of imidazole rings is 1. The van der Waals surface area contributed by atoms with Gasteiger partial charge in [-0.2, -0.15) is 0 Å². The van der Waals surface area contributed by atoms with Crippen LogP contribution in [0.4, 0.5) is 0 Å². The van der Waals surface area contributed by atoms with E-state index in [4.69, 9.17) is 4.74 Å². The summed E-state index contributed by atoms with van der Waals surface area (Å²) in [5.74, 6) is -0.0606. The Morgan fingerprint density at radius 2 is 2.10 bits per heavy atom.